The standard InChI is InChI=1S/C19H21N5O4/c25-18(20-21-19(26)15-6-8-17(9-7-15)24(27)28)14-22-10-12-23(13-11-22)16-4-2-1-3-5-16/h1-9H,10-14H2,(H,20,25)(H,21,26). The van der Waals surface area contributed by atoms with Crippen molar-refractivity contribution < 1.29 is 14.5 Å². The van der Waals surface area contributed by atoms with Crippen molar-refractivity contribution in [2.45, 2.75) is 0 Å². The van der Waals surface area contributed by atoms with Gasteiger partial charge in [0, 0.05) is 49.6 Å². The molecule has 28 heavy (non-hydrogen) atoms. The van der Waals surface area contributed by atoms with Crippen LogP contribution in [-0.2, 0) is 4.79 Å². The Kier molecular flexibility index (Phi) is 6.18. The first kappa shape index (κ1) is 19.3. The average Bonchev–Trinajstić information content (AvgIpc) is 2.73. The first-order valence-corrected chi connectivity index (χ1v) is 8.89. The van der Waals surface area contributed by atoms with Crippen LogP contribution >= 0.6 is 0 Å². The molecule has 0 aromatic heterocycles. The van der Waals surface area contributed by atoms with E-state index in [1.807, 2.05) is 23.1 Å². The smallest absolute Gasteiger partial charge is 0.269 e. The number of piperazine rings is 1. The van der Waals surface area contributed by atoms with Gasteiger partial charge >= 0.3 is 0 Å². The van der Waals surface area contributed by atoms with E-state index in [-0.39, 0.29) is 23.7 Å². The van der Waals surface area contributed by atoms with Gasteiger partial charge in [-0.15, -0.1) is 0 Å². The van der Waals surface area contributed by atoms with Gasteiger partial charge in [0.05, 0.1) is 11.5 Å². The zero-order valence-corrected chi connectivity index (χ0v) is 15.2. The Labute approximate surface area is 162 Å². The lowest BCUT2D eigenvalue weighted by Gasteiger charge is -2.35. The van der Waals surface area contributed by atoms with Gasteiger partial charge in [-0.3, -0.25) is 35.5 Å². The fourth-order valence-electron chi connectivity index (χ4n) is 2.98. The number of anilines is 1. The van der Waals surface area contributed by atoms with E-state index in [4.69, 9.17) is 0 Å². The molecule has 1 fully saturated rings. The van der Waals surface area contributed by atoms with Crippen LogP contribution in [0.3, 0.4) is 0 Å². The Bertz CT molecular complexity index is 833. The lowest BCUT2D eigenvalue weighted by atomic mass is 10.2. The van der Waals surface area contributed by atoms with Crippen LogP contribution < -0.4 is 15.8 Å². The Morgan fingerprint density at radius 1 is 0.929 bits per heavy atom. The number of nitrogens with zero attached hydrogens (tertiary/aromatic N) is 3. The highest BCUT2D eigenvalue weighted by atomic mass is 16.6. The number of benzene rings is 2. The predicted octanol–water partition coefficient (Wildman–Crippen LogP) is 1.18. The van der Waals surface area contributed by atoms with Crippen LogP contribution in [0.25, 0.3) is 0 Å². The third-order valence-electron chi connectivity index (χ3n) is 4.52. The summed E-state index contributed by atoms with van der Waals surface area (Å²) in [4.78, 5) is 38.5. The molecule has 0 saturated carbocycles. The number of carbonyl (C=O) groups excluding carboxylic acids is 2. The molecule has 0 atom stereocenters. The summed E-state index contributed by atoms with van der Waals surface area (Å²) in [5.74, 6) is -0.847. The maximum atomic E-state index is 12.1. The Morgan fingerprint density at radius 2 is 1.57 bits per heavy atom. The van der Waals surface area contributed by atoms with Crippen LogP contribution in [0, 0.1) is 10.1 Å². The van der Waals surface area contributed by atoms with E-state index in [1.165, 1.54) is 30.0 Å². The molecule has 146 valence electrons. The van der Waals surface area contributed by atoms with Crippen LogP contribution in [0.15, 0.2) is 54.6 Å². The lowest BCUT2D eigenvalue weighted by molar-refractivity contribution is -0.384. The van der Waals surface area contributed by atoms with Crippen molar-refractivity contribution in [1.82, 2.24) is 15.8 Å². The topological polar surface area (TPSA) is 108 Å². The number of carbonyl (C=O) groups is 2. The molecule has 0 spiro atoms. The van der Waals surface area contributed by atoms with Gasteiger partial charge in [-0.05, 0) is 24.3 Å². The number of non-ortho nitro benzene ring substituents is 1. The van der Waals surface area contributed by atoms with Crippen molar-refractivity contribution in [3.63, 3.8) is 0 Å². The summed E-state index contributed by atoms with van der Waals surface area (Å²) >= 11 is 0. The highest BCUT2D eigenvalue weighted by Gasteiger charge is 2.19. The number of amides is 2. The Balaban J connectivity index is 1.41. The molecule has 1 heterocycles. The van der Waals surface area contributed by atoms with E-state index >= 15 is 0 Å². The molecular weight excluding hydrogens is 362 g/mol. The highest BCUT2D eigenvalue weighted by molar-refractivity contribution is 5.95. The highest BCUT2D eigenvalue weighted by Crippen LogP contribution is 2.15. The zero-order valence-electron chi connectivity index (χ0n) is 15.2. The molecule has 3 rings (SSSR count). The minimum atomic E-state index is -0.541. The number of rotatable bonds is 5. The van der Waals surface area contributed by atoms with Crippen molar-refractivity contribution in [3.05, 3.63) is 70.3 Å². The summed E-state index contributed by atoms with van der Waals surface area (Å²) in [6.45, 7) is 3.33. The molecule has 0 radical (unpaired) electrons. The predicted molar refractivity (Wildman–Crippen MR) is 104 cm³/mol. The maximum absolute atomic E-state index is 12.1. The van der Waals surface area contributed by atoms with Crippen LogP contribution in [0.5, 0.6) is 0 Å². The van der Waals surface area contributed by atoms with Crippen molar-refractivity contribution in [2.75, 3.05) is 37.6 Å². The maximum Gasteiger partial charge on any atom is 0.269 e. The van der Waals surface area contributed by atoms with Crippen molar-refractivity contribution in [1.29, 1.82) is 0 Å². The number of hydrogen-bond acceptors (Lipinski definition) is 6. The average molecular weight is 383 g/mol. The second-order valence-electron chi connectivity index (χ2n) is 6.41. The monoisotopic (exact) mass is 383 g/mol. The van der Waals surface area contributed by atoms with Gasteiger partial charge in [-0.2, -0.15) is 0 Å². The first-order chi connectivity index (χ1) is 13.5. The van der Waals surface area contributed by atoms with Crippen molar-refractivity contribution in [2.24, 2.45) is 0 Å². The Morgan fingerprint density at radius 3 is 2.18 bits per heavy atom. The van der Waals surface area contributed by atoms with Gasteiger partial charge in [-0.1, -0.05) is 18.2 Å². The summed E-state index contributed by atoms with van der Waals surface area (Å²) in [7, 11) is 0. The molecule has 0 bridgehead atoms. The number of nitro benzene ring substituents is 1. The lowest BCUT2D eigenvalue weighted by Crippen LogP contribution is -2.51. The van der Waals surface area contributed by atoms with Gasteiger partial charge in [0.25, 0.3) is 17.5 Å². The largest absolute Gasteiger partial charge is 0.369 e. The van der Waals surface area contributed by atoms with Crippen LogP contribution in [0.1, 0.15) is 10.4 Å². The summed E-state index contributed by atoms with van der Waals surface area (Å²) in [5, 5.41) is 10.6. The normalized spacial score (nSPS) is 14.4. The molecule has 1 aliphatic rings. The summed E-state index contributed by atoms with van der Waals surface area (Å²) in [6, 6.07) is 15.3. The van der Waals surface area contributed by atoms with Gasteiger partial charge in [0.1, 0.15) is 0 Å². The van der Waals surface area contributed by atoms with Gasteiger partial charge in [0.15, 0.2) is 0 Å². The zero-order chi connectivity index (χ0) is 19.9. The number of para-hydroxylation sites is 1. The van der Waals surface area contributed by atoms with Crippen LogP contribution in [0.2, 0.25) is 0 Å². The molecule has 1 saturated heterocycles. The second-order valence-corrected chi connectivity index (χ2v) is 6.41. The molecular formula is C19H21N5O4. The fraction of sp³-hybridized carbons (Fsp3) is 0.263. The third kappa shape index (κ3) is 5.04. The number of hydrazine groups is 1. The molecule has 0 aliphatic carbocycles. The first-order valence-electron chi connectivity index (χ1n) is 8.89. The summed E-state index contributed by atoms with van der Waals surface area (Å²) < 4.78 is 0. The van der Waals surface area contributed by atoms with Crippen LogP contribution in [-0.4, -0.2) is 54.4 Å². The molecule has 9 heteroatoms. The molecule has 2 aromatic carbocycles. The van der Waals surface area contributed by atoms with E-state index < -0.39 is 10.8 Å². The van der Waals surface area contributed by atoms with Gasteiger partial charge in [-0.25, -0.2) is 0 Å². The van der Waals surface area contributed by atoms with Gasteiger partial charge in [0.2, 0.25) is 0 Å². The molecule has 2 aromatic rings. The second kappa shape index (κ2) is 8.96. The molecule has 2 amide bonds. The SMILES string of the molecule is O=C(CN1CCN(c2ccccc2)CC1)NNC(=O)c1ccc([N+](=O)[O-])cc1. The third-order valence-corrected chi connectivity index (χ3v) is 4.52. The molecule has 1 aliphatic heterocycles. The Hall–Kier alpha value is -3.46. The van der Waals surface area contributed by atoms with Crippen LogP contribution in [0.4, 0.5) is 11.4 Å². The summed E-state index contributed by atoms with van der Waals surface area (Å²) in [5.41, 5.74) is 6.00. The number of hydrogen-bond donors (Lipinski definition) is 2. The summed E-state index contributed by atoms with van der Waals surface area (Å²) in [6.07, 6.45) is 0. The fourth-order valence-corrected chi connectivity index (χ4v) is 2.98. The molecule has 0 unspecified atom stereocenters. The molecule has 2 N–H and O–H groups in total. The minimum absolute atomic E-state index is 0.102. The quantitative estimate of drug-likeness (QED) is 0.593. The number of nitrogens with one attached hydrogen (secondary N) is 2. The minimum Gasteiger partial charge on any atom is -0.369 e. The van der Waals surface area contributed by atoms with E-state index in [1.54, 1.807) is 0 Å². The van der Waals surface area contributed by atoms with Crippen molar-refractivity contribution in [3.8, 4) is 0 Å². The molecule has 9 nitrogen and oxygen atoms in total. The van der Waals surface area contributed by atoms with Crippen molar-refractivity contribution >= 4 is 23.2 Å². The van der Waals surface area contributed by atoms with E-state index in [0.717, 1.165) is 26.2 Å². The number of nitro groups is 1. The van der Waals surface area contributed by atoms with E-state index in [9.17, 15) is 19.7 Å². The van der Waals surface area contributed by atoms with E-state index in [2.05, 4.69) is 27.9 Å². The van der Waals surface area contributed by atoms with Gasteiger partial charge < -0.3 is 4.90 Å². The van der Waals surface area contributed by atoms with E-state index in [0.29, 0.717) is 0 Å².